The third kappa shape index (κ3) is 7.74. The van der Waals surface area contributed by atoms with E-state index < -0.39 is 8.32 Å². The van der Waals surface area contributed by atoms with Crippen molar-refractivity contribution in [2.75, 3.05) is 44.4 Å². The van der Waals surface area contributed by atoms with Gasteiger partial charge < -0.3 is 28.7 Å². The van der Waals surface area contributed by atoms with Crippen LogP contribution in [0.1, 0.15) is 71.1 Å². The van der Waals surface area contributed by atoms with Crippen LogP contribution in [0.15, 0.2) is 97.1 Å². The zero-order chi connectivity index (χ0) is 41.6. The van der Waals surface area contributed by atoms with Crippen molar-refractivity contribution in [1.82, 2.24) is 19.7 Å². The highest BCUT2D eigenvalue weighted by molar-refractivity contribution is 6.74. The molecule has 1 fully saturated rings. The fourth-order valence-electron chi connectivity index (χ4n) is 8.94. The zero-order valence-electron chi connectivity index (χ0n) is 35.6. The van der Waals surface area contributed by atoms with E-state index in [2.05, 4.69) is 77.8 Å². The van der Waals surface area contributed by atoms with Crippen molar-refractivity contribution in [2.45, 2.75) is 83.7 Å². The predicted octanol–water partition coefficient (Wildman–Crippen LogP) is 9.05. The molecular formula is C49H57N5O5Si. The van der Waals surface area contributed by atoms with Crippen LogP contribution in [0.5, 0.6) is 17.2 Å². The average Bonchev–Trinajstić information content (AvgIpc) is 3.88. The summed E-state index contributed by atoms with van der Waals surface area (Å²) >= 11 is 0. The maximum Gasteiger partial charge on any atom is 0.264 e. The molecule has 0 spiro atoms. The number of amides is 2. The summed E-state index contributed by atoms with van der Waals surface area (Å²) in [6, 6.07) is 32.1. The van der Waals surface area contributed by atoms with Gasteiger partial charge in [-0.3, -0.25) is 19.4 Å². The minimum Gasteiger partial charge on any atom is -0.544 e. The van der Waals surface area contributed by atoms with Gasteiger partial charge in [0.15, 0.2) is 11.5 Å². The van der Waals surface area contributed by atoms with E-state index in [0.29, 0.717) is 29.2 Å². The Balaban J connectivity index is 1.11. The first-order chi connectivity index (χ1) is 28.9. The fourth-order valence-corrected chi connectivity index (χ4v) is 9.97. The van der Waals surface area contributed by atoms with E-state index in [9.17, 15) is 0 Å². The molecule has 0 aliphatic carbocycles. The minimum absolute atomic E-state index is 0.000221. The highest BCUT2D eigenvalue weighted by atomic mass is 28.4. The number of anilines is 2. The third-order valence-corrected chi connectivity index (χ3v) is 17.6. The molecule has 0 radical (unpaired) electrons. The third-order valence-electron chi connectivity index (χ3n) is 13.3. The molecule has 0 unspecified atom stereocenters. The summed E-state index contributed by atoms with van der Waals surface area (Å²) < 4.78 is 20.8. The first-order valence-electron chi connectivity index (χ1n) is 21.6. The van der Waals surface area contributed by atoms with Crippen LogP contribution >= 0.6 is 0 Å². The van der Waals surface area contributed by atoms with Crippen LogP contribution in [0.25, 0.3) is 11.3 Å². The Labute approximate surface area is 355 Å². The molecule has 11 heteroatoms. The van der Waals surface area contributed by atoms with Gasteiger partial charge in [0.25, 0.3) is 11.8 Å². The van der Waals surface area contributed by atoms with Gasteiger partial charge in [0.2, 0.25) is 15.1 Å². The maximum absolute atomic E-state index is 15.3. The second-order valence-corrected chi connectivity index (χ2v) is 22.9. The predicted molar refractivity (Wildman–Crippen MR) is 239 cm³/mol. The lowest BCUT2D eigenvalue weighted by molar-refractivity contribution is 0.0572. The average molecular weight is 824 g/mol. The van der Waals surface area contributed by atoms with Crippen LogP contribution in [-0.2, 0) is 25.9 Å². The lowest BCUT2D eigenvalue weighted by Crippen LogP contribution is -2.53. The molecule has 312 valence electrons. The quantitative estimate of drug-likeness (QED) is 0.149. The Bertz CT molecular complexity index is 2380. The summed E-state index contributed by atoms with van der Waals surface area (Å²) in [6.45, 7) is 17.2. The van der Waals surface area contributed by atoms with Crippen molar-refractivity contribution < 1.29 is 23.5 Å². The fraction of sp³-hybridized carbons (Fsp3) is 0.388. The van der Waals surface area contributed by atoms with E-state index in [4.69, 9.17) is 13.9 Å². The molecular weight excluding hydrogens is 767 g/mol. The van der Waals surface area contributed by atoms with E-state index >= 15 is 9.59 Å². The lowest BCUT2D eigenvalue weighted by atomic mass is 9.92. The number of benzene rings is 4. The molecule has 60 heavy (non-hydrogen) atoms. The van der Waals surface area contributed by atoms with Gasteiger partial charge in [-0.1, -0.05) is 63.2 Å². The van der Waals surface area contributed by atoms with Gasteiger partial charge in [-0.2, -0.15) is 0 Å². The minimum atomic E-state index is -2.07. The Morgan fingerprint density at radius 3 is 2.23 bits per heavy atom. The Morgan fingerprint density at radius 2 is 1.50 bits per heavy atom. The second kappa shape index (κ2) is 16.2. The summed E-state index contributed by atoms with van der Waals surface area (Å²) in [4.78, 5) is 36.9. The van der Waals surface area contributed by atoms with Gasteiger partial charge in [-0.25, -0.2) is 0 Å². The number of rotatable bonds is 9. The van der Waals surface area contributed by atoms with Gasteiger partial charge >= 0.3 is 0 Å². The van der Waals surface area contributed by atoms with Crippen LogP contribution in [0, 0.1) is 0 Å². The molecule has 2 amide bonds. The number of hydrogen-bond donors (Lipinski definition) is 1. The molecule has 1 saturated heterocycles. The number of nitrogens with zero attached hydrogens (tertiary/aromatic N) is 4. The molecule has 1 aromatic heterocycles. The maximum atomic E-state index is 15.3. The molecule has 4 aliphatic rings. The van der Waals surface area contributed by atoms with E-state index in [1.165, 1.54) is 11.1 Å². The largest absolute Gasteiger partial charge is 0.544 e. The molecule has 1 atom stereocenters. The van der Waals surface area contributed by atoms with Crippen LogP contribution < -0.4 is 24.1 Å². The van der Waals surface area contributed by atoms with E-state index in [1.54, 1.807) is 0 Å². The van der Waals surface area contributed by atoms with Gasteiger partial charge in [-0.05, 0) is 110 Å². The molecule has 4 aromatic carbocycles. The summed E-state index contributed by atoms with van der Waals surface area (Å²) in [6.07, 6.45) is 3.50. The van der Waals surface area contributed by atoms with Crippen LogP contribution in [0.3, 0.4) is 0 Å². The van der Waals surface area contributed by atoms with Crippen LogP contribution in [0.2, 0.25) is 18.1 Å². The van der Waals surface area contributed by atoms with Crippen molar-refractivity contribution >= 4 is 31.5 Å². The van der Waals surface area contributed by atoms with E-state index in [-0.39, 0.29) is 29.7 Å². The number of ether oxygens (including phenoxy) is 2. The molecule has 0 bridgehead atoms. The van der Waals surface area contributed by atoms with Crippen molar-refractivity contribution in [3.05, 3.63) is 125 Å². The molecule has 10 nitrogen and oxygen atoms in total. The highest BCUT2D eigenvalue weighted by Gasteiger charge is 2.39. The summed E-state index contributed by atoms with van der Waals surface area (Å²) in [7, 11) is -2.07. The Hall–Kier alpha value is -5.36. The molecule has 5 heterocycles. The van der Waals surface area contributed by atoms with Gasteiger partial charge in [0.1, 0.15) is 5.75 Å². The van der Waals surface area contributed by atoms with Gasteiger partial charge in [0, 0.05) is 80.2 Å². The second-order valence-electron chi connectivity index (χ2n) is 18.2. The molecule has 5 aromatic rings. The summed E-state index contributed by atoms with van der Waals surface area (Å²) in [5.41, 5.74) is 7.79. The number of aromatic nitrogens is 1. The first kappa shape index (κ1) is 40.1. The number of carbonyl (C=O) groups excluding carboxylic acids is 2. The Kier molecular flexibility index (Phi) is 10.8. The smallest absolute Gasteiger partial charge is 0.264 e. The van der Waals surface area contributed by atoms with Crippen LogP contribution in [-0.4, -0.2) is 80.1 Å². The first-order valence-corrected chi connectivity index (χ1v) is 24.5. The number of para-hydroxylation sites is 1. The number of hydrogen-bond acceptors (Lipinski definition) is 7. The van der Waals surface area contributed by atoms with Gasteiger partial charge in [0.05, 0.1) is 11.1 Å². The molecule has 0 saturated carbocycles. The van der Waals surface area contributed by atoms with Gasteiger partial charge in [-0.15, -0.1) is 0 Å². The van der Waals surface area contributed by atoms with Crippen molar-refractivity contribution in [3.63, 3.8) is 0 Å². The summed E-state index contributed by atoms with van der Waals surface area (Å²) in [5, 5.41) is 3.52. The normalized spacial score (nSPS) is 17.8. The van der Waals surface area contributed by atoms with Crippen molar-refractivity contribution in [1.29, 1.82) is 0 Å². The standard InChI is InChI=1S/C49H57N5O5Si/c1-49(2,3)60(4,5)59-39-20-18-37(19-21-39)54(36-15-7-6-8-16-36)48(56)42-28-44(52-24-12-11-17-43(42)52)40-29-45-46(58-33-57-45)30-41(40)47(55)53-31-35-14-10-9-13-34(35)27-38(53)32-51-25-22-50-23-26-51/h6-10,13-16,18-21,28-30,38,50H,11-12,17,22-27,31-33H2,1-5H3/t38-/m0/s1. The SMILES string of the molecule is CC(C)(C)[Si](C)(C)Oc1ccc(N(C(=O)c2cc(-c3cc4c(cc3C(=O)N3Cc5ccccc5C[C@H]3CN3CCNCC3)OCO4)n3c2CCCC3)c2ccccc2)cc1. The molecule has 4 aliphatic heterocycles. The monoisotopic (exact) mass is 823 g/mol. The summed E-state index contributed by atoms with van der Waals surface area (Å²) in [5.74, 6) is 1.82. The molecule has 1 N–H and O–H groups in total. The Morgan fingerprint density at radius 1 is 0.817 bits per heavy atom. The van der Waals surface area contributed by atoms with Crippen molar-refractivity contribution in [2.24, 2.45) is 0 Å². The van der Waals surface area contributed by atoms with E-state index in [0.717, 1.165) is 99.0 Å². The highest BCUT2D eigenvalue weighted by Crippen LogP contribution is 2.43. The van der Waals surface area contributed by atoms with Crippen molar-refractivity contribution in [3.8, 4) is 28.5 Å². The van der Waals surface area contributed by atoms with E-state index in [1.807, 2.05) is 77.7 Å². The lowest BCUT2D eigenvalue weighted by Gasteiger charge is -2.41. The topological polar surface area (TPSA) is 88.5 Å². The zero-order valence-corrected chi connectivity index (χ0v) is 36.6. The number of carbonyl (C=O) groups is 2. The number of nitrogens with one attached hydrogen (secondary N) is 1. The number of piperazine rings is 1. The molecule has 9 rings (SSSR count). The number of fused-ring (bicyclic) bond motifs is 3. The van der Waals surface area contributed by atoms with Crippen LogP contribution in [0.4, 0.5) is 11.4 Å².